The Labute approximate surface area is 99.3 Å². The van der Waals surface area contributed by atoms with Crippen LogP contribution >= 0.6 is 0 Å². The van der Waals surface area contributed by atoms with Gasteiger partial charge in [-0.3, -0.25) is 4.99 Å². The first-order valence-electron chi connectivity index (χ1n) is 6.64. The number of rotatable bonds is 3. The second-order valence-corrected chi connectivity index (χ2v) is 5.97. The number of hydrogen-bond acceptors (Lipinski definition) is 1. The first kappa shape index (κ1) is 11.7. The molecule has 1 aliphatic carbocycles. The van der Waals surface area contributed by atoms with Crippen molar-refractivity contribution in [3.8, 4) is 0 Å². The van der Waals surface area contributed by atoms with Gasteiger partial charge in [0.05, 0.1) is 0 Å². The Kier molecular flexibility index (Phi) is 3.41. The van der Waals surface area contributed by atoms with Gasteiger partial charge in [0.2, 0.25) is 0 Å². The first-order valence-corrected chi connectivity index (χ1v) is 6.64. The van der Waals surface area contributed by atoms with Gasteiger partial charge in [0.1, 0.15) is 0 Å². The SMILES string of the molecule is CCNC(=NCC1CC1)N1CCC(C)(C)C1. The Hall–Kier alpha value is -0.730. The third-order valence-electron chi connectivity index (χ3n) is 3.51. The second-order valence-electron chi connectivity index (χ2n) is 5.97. The van der Waals surface area contributed by atoms with Gasteiger partial charge < -0.3 is 10.2 Å². The Bertz CT molecular complexity index is 266. The normalized spacial score (nSPS) is 24.9. The summed E-state index contributed by atoms with van der Waals surface area (Å²) in [5.41, 5.74) is 0.454. The number of likely N-dealkylation sites (tertiary alicyclic amines) is 1. The van der Waals surface area contributed by atoms with Gasteiger partial charge in [-0.2, -0.15) is 0 Å². The lowest BCUT2D eigenvalue weighted by molar-refractivity contribution is 0.370. The lowest BCUT2D eigenvalue weighted by Crippen LogP contribution is -2.40. The fourth-order valence-corrected chi connectivity index (χ4v) is 2.24. The highest BCUT2D eigenvalue weighted by molar-refractivity contribution is 5.80. The maximum absolute atomic E-state index is 4.75. The molecule has 0 unspecified atom stereocenters. The zero-order valence-corrected chi connectivity index (χ0v) is 10.9. The van der Waals surface area contributed by atoms with E-state index < -0.39 is 0 Å². The molecule has 0 bridgehead atoms. The van der Waals surface area contributed by atoms with E-state index >= 15 is 0 Å². The summed E-state index contributed by atoms with van der Waals surface area (Å²) in [5.74, 6) is 2.02. The molecule has 1 heterocycles. The highest BCUT2D eigenvalue weighted by atomic mass is 15.3. The van der Waals surface area contributed by atoms with Crippen molar-refractivity contribution in [3.05, 3.63) is 0 Å². The predicted octanol–water partition coefficient (Wildman–Crippen LogP) is 2.09. The van der Waals surface area contributed by atoms with Gasteiger partial charge in [0, 0.05) is 26.2 Å². The van der Waals surface area contributed by atoms with Crippen LogP contribution in [0, 0.1) is 11.3 Å². The molecule has 0 aromatic carbocycles. The molecule has 3 heteroatoms. The quantitative estimate of drug-likeness (QED) is 0.586. The van der Waals surface area contributed by atoms with Crippen LogP contribution in [0.2, 0.25) is 0 Å². The maximum Gasteiger partial charge on any atom is 0.193 e. The summed E-state index contributed by atoms with van der Waals surface area (Å²) < 4.78 is 0. The molecule has 0 spiro atoms. The van der Waals surface area contributed by atoms with E-state index in [-0.39, 0.29) is 0 Å². The van der Waals surface area contributed by atoms with Crippen molar-refractivity contribution in [2.45, 2.75) is 40.0 Å². The minimum Gasteiger partial charge on any atom is -0.357 e. The van der Waals surface area contributed by atoms with Crippen LogP contribution in [0.1, 0.15) is 40.0 Å². The van der Waals surface area contributed by atoms with Gasteiger partial charge >= 0.3 is 0 Å². The summed E-state index contributed by atoms with van der Waals surface area (Å²) >= 11 is 0. The van der Waals surface area contributed by atoms with Crippen LogP contribution < -0.4 is 5.32 Å². The largest absolute Gasteiger partial charge is 0.357 e. The molecule has 3 nitrogen and oxygen atoms in total. The molecule has 1 N–H and O–H groups in total. The highest BCUT2D eigenvalue weighted by Gasteiger charge is 2.31. The van der Waals surface area contributed by atoms with Crippen molar-refractivity contribution < 1.29 is 0 Å². The van der Waals surface area contributed by atoms with Crippen molar-refractivity contribution in [2.75, 3.05) is 26.2 Å². The molecule has 2 fully saturated rings. The summed E-state index contributed by atoms with van der Waals surface area (Å²) in [7, 11) is 0. The van der Waals surface area contributed by atoms with Crippen LogP contribution in [0.5, 0.6) is 0 Å². The maximum atomic E-state index is 4.75. The molecule has 1 aliphatic heterocycles. The van der Waals surface area contributed by atoms with Crippen LogP contribution in [0.3, 0.4) is 0 Å². The van der Waals surface area contributed by atoms with E-state index in [1.54, 1.807) is 0 Å². The summed E-state index contributed by atoms with van der Waals surface area (Å²) in [6, 6.07) is 0. The number of guanidine groups is 1. The monoisotopic (exact) mass is 223 g/mol. The highest BCUT2D eigenvalue weighted by Crippen LogP contribution is 2.30. The van der Waals surface area contributed by atoms with Gasteiger partial charge in [0.25, 0.3) is 0 Å². The van der Waals surface area contributed by atoms with Crippen LogP contribution in [0.25, 0.3) is 0 Å². The third kappa shape index (κ3) is 3.13. The second kappa shape index (κ2) is 4.64. The van der Waals surface area contributed by atoms with E-state index in [1.807, 2.05) is 0 Å². The average molecular weight is 223 g/mol. The lowest BCUT2D eigenvalue weighted by Gasteiger charge is -2.23. The molecule has 0 aromatic heterocycles. The van der Waals surface area contributed by atoms with E-state index in [9.17, 15) is 0 Å². The molecule has 0 radical (unpaired) electrons. The van der Waals surface area contributed by atoms with Gasteiger partial charge in [-0.05, 0) is 37.5 Å². The zero-order chi connectivity index (χ0) is 11.6. The predicted molar refractivity (Wildman–Crippen MR) is 68.7 cm³/mol. The summed E-state index contributed by atoms with van der Waals surface area (Å²) in [4.78, 5) is 7.18. The fourth-order valence-electron chi connectivity index (χ4n) is 2.24. The molecule has 2 aliphatic rings. The van der Waals surface area contributed by atoms with Crippen molar-refractivity contribution >= 4 is 5.96 Å². The molecule has 0 amide bonds. The standard InChI is InChI=1S/C13H25N3/c1-4-14-12(15-9-11-5-6-11)16-8-7-13(2,3)10-16/h11H,4-10H2,1-3H3,(H,14,15). The minimum absolute atomic E-state index is 0.454. The van der Waals surface area contributed by atoms with Gasteiger partial charge in [-0.1, -0.05) is 13.8 Å². The number of nitrogens with one attached hydrogen (secondary N) is 1. The molecule has 2 rings (SSSR count). The average Bonchev–Trinajstić information content (AvgIpc) is 2.97. The topological polar surface area (TPSA) is 27.6 Å². The number of hydrogen-bond donors (Lipinski definition) is 1. The van der Waals surface area contributed by atoms with Crippen molar-refractivity contribution in [1.29, 1.82) is 0 Å². The van der Waals surface area contributed by atoms with Gasteiger partial charge in [-0.15, -0.1) is 0 Å². The Balaban J connectivity index is 1.92. The minimum atomic E-state index is 0.454. The van der Waals surface area contributed by atoms with E-state index in [4.69, 9.17) is 4.99 Å². The van der Waals surface area contributed by atoms with Crippen LogP contribution in [0.4, 0.5) is 0 Å². The smallest absolute Gasteiger partial charge is 0.193 e. The molecule has 1 saturated carbocycles. The van der Waals surface area contributed by atoms with Crippen LogP contribution in [-0.2, 0) is 0 Å². The molecular formula is C13H25N3. The Morgan fingerprint density at radius 1 is 1.44 bits per heavy atom. The third-order valence-corrected chi connectivity index (χ3v) is 3.51. The van der Waals surface area contributed by atoms with Crippen molar-refractivity contribution in [3.63, 3.8) is 0 Å². The van der Waals surface area contributed by atoms with Crippen LogP contribution in [0.15, 0.2) is 4.99 Å². The molecule has 0 atom stereocenters. The molecule has 1 saturated heterocycles. The summed E-state index contributed by atoms with van der Waals surface area (Å²) in [5, 5.41) is 3.42. The molecular weight excluding hydrogens is 198 g/mol. The van der Waals surface area contributed by atoms with Gasteiger partial charge in [0.15, 0.2) is 5.96 Å². The molecule has 92 valence electrons. The number of aliphatic imine (C=N–C) groups is 1. The fraction of sp³-hybridized carbons (Fsp3) is 0.923. The van der Waals surface area contributed by atoms with E-state index in [2.05, 4.69) is 31.0 Å². The first-order chi connectivity index (χ1) is 7.61. The van der Waals surface area contributed by atoms with Crippen LogP contribution in [-0.4, -0.2) is 37.0 Å². The lowest BCUT2D eigenvalue weighted by atomic mass is 9.93. The van der Waals surface area contributed by atoms with E-state index in [0.717, 1.165) is 38.1 Å². The van der Waals surface area contributed by atoms with E-state index in [0.29, 0.717) is 5.41 Å². The van der Waals surface area contributed by atoms with E-state index in [1.165, 1.54) is 19.3 Å². The summed E-state index contributed by atoms with van der Waals surface area (Å²) in [6.45, 7) is 11.1. The van der Waals surface area contributed by atoms with Crippen molar-refractivity contribution in [2.24, 2.45) is 16.3 Å². The molecule has 0 aromatic rings. The zero-order valence-electron chi connectivity index (χ0n) is 10.9. The van der Waals surface area contributed by atoms with Gasteiger partial charge in [-0.25, -0.2) is 0 Å². The molecule has 16 heavy (non-hydrogen) atoms. The number of nitrogens with zero attached hydrogens (tertiary/aromatic N) is 2. The van der Waals surface area contributed by atoms with Crippen molar-refractivity contribution in [1.82, 2.24) is 10.2 Å². The summed E-state index contributed by atoms with van der Waals surface area (Å²) in [6.07, 6.45) is 4.05. The Morgan fingerprint density at radius 3 is 2.69 bits per heavy atom. The Morgan fingerprint density at radius 2 is 2.19 bits per heavy atom.